The lowest BCUT2D eigenvalue weighted by molar-refractivity contribution is 0.0696. The predicted molar refractivity (Wildman–Crippen MR) is 82.0 cm³/mol. The fourth-order valence-corrected chi connectivity index (χ4v) is 3.74. The Bertz CT molecular complexity index is 588. The van der Waals surface area contributed by atoms with Gasteiger partial charge in [-0.1, -0.05) is 0 Å². The zero-order valence-corrected chi connectivity index (χ0v) is 14.0. The standard InChI is InChI=1S/C13H18BrNO5S/c1-20-8-4-2-3-7-15-21(18,19)12-9-10(13(16)17)5-6-11(12)14/h5-6,9,15H,2-4,7-8H2,1H3,(H,16,17). The number of rotatable bonds is 9. The molecule has 8 heteroatoms. The summed E-state index contributed by atoms with van der Waals surface area (Å²) in [4.78, 5) is 10.8. The van der Waals surface area contributed by atoms with Crippen molar-refractivity contribution in [2.24, 2.45) is 0 Å². The number of halogens is 1. The highest BCUT2D eigenvalue weighted by molar-refractivity contribution is 9.10. The van der Waals surface area contributed by atoms with Crippen LogP contribution in [0.4, 0.5) is 0 Å². The third-order valence-electron chi connectivity index (χ3n) is 2.78. The Morgan fingerprint density at radius 1 is 1.33 bits per heavy atom. The first-order valence-electron chi connectivity index (χ1n) is 6.40. The van der Waals surface area contributed by atoms with Crippen LogP contribution < -0.4 is 4.72 Å². The quantitative estimate of drug-likeness (QED) is 0.641. The number of unbranched alkanes of at least 4 members (excludes halogenated alkanes) is 2. The summed E-state index contributed by atoms with van der Waals surface area (Å²) in [6, 6.07) is 3.90. The van der Waals surface area contributed by atoms with Crippen molar-refractivity contribution in [3.63, 3.8) is 0 Å². The van der Waals surface area contributed by atoms with Crippen LogP contribution in [-0.4, -0.2) is 39.8 Å². The van der Waals surface area contributed by atoms with Crippen molar-refractivity contribution in [2.45, 2.75) is 24.2 Å². The van der Waals surface area contributed by atoms with E-state index in [0.29, 0.717) is 24.0 Å². The van der Waals surface area contributed by atoms with E-state index < -0.39 is 16.0 Å². The van der Waals surface area contributed by atoms with E-state index in [1.54, 1.807) is 7.11 Å². The number of benzene rings is 1. The molecule has 0 fully saturated rings. The van der Waals surface area contributed by atoms with Gasteiger partial charge >= 0.3 is 5.97 Å². The summed E-state index contributed by atoms with van der Waals surface area (Å²) < 4.78 is 32.0. The normalized spacial score (nSPS) is 11.5. The van der Waals surface area contributed by atoms with E-state index in [2.05, 4.69) is 20.7 Å². The van der Waals surface area contributed by atoms with E-state index in [-0.39, 0.29) is 10.5 Å². The zero-order valence-electron chi connectivity index (χ0n) is 11.6. The fourth-order valence-electron chi connectivity index (χ4n) is 1.67. The summed E-state index contributed by atoms with van der Waals surface area (Å²) in [5.41, 5.74) is -0.0707. The molecular formula is C13H18BrNO5S. The van der Waals surface area contributed by atoms with Gasteiger partial charge in [-0.05, 0) is 53.4 Å². The monoisotopic (exact) mass is 379 g/mol. The Labute approximate surface area is 132 Å². The minimum atomic E-state index is -3.73. The predicted octanol–water partition coefficient (Wildman–Crippen LogP) is 2.24. The molecule has 0 atom stereocenters. The Morgan fingerprint density at radius 2 is 2.05 bits per heavy atom. The van der Waals surface area contributed by atoms with Gasteiger partial charge < -0.3 is 9.84 Å². The Hall–Kier alpha value is -0.960. The summed E-state index contributed by atoms with van der Waals surface area (Å²) >= 11 is 3.13. The molecule has 1 rings (SSSR count). The van der Waals surface area contributed by atoms with Gasteiger partial charge in [0.05, 0.1) is 10.5 Å². The molecule has 0 aliphatic heterocycles. The number of carboxylic acid groups (broad SMARTS) is 1. The lowest BCUT2D eigenvalue weighted by Crippen LogP contribution is -2.25. The van der Waals surface area contributed by atoms with Crippen molar-refractivity contribution in [1.29, 1.82) is 0 Å². The highest BCUT2D eigenvalue weighted by Crippen LogP contribution is 2.23. The Balaban J connectivity index is 2.70. The van der Waals surface area contributed by atoms with Gasteiger partial charge in [0.1, 0.15) is 0 Å². The summed E-state index contributed by atoms with van der Waals surface area (Å²) in [5, 5.41) is 8.92. The van der Waals surface area contributed by atoms with Gasteiger partial charge in [-0.3, -0.25) is 0 Å². The van der Waals surface area contributed by atoms with Gasteiger partial charge in [0, 0.05) is 24.7 Å². The molecule has 0 saturated heterocycles. The van der Waals surface area contributed by atoms with E-state index in [9.17, 15) is 13.2 Å². The molecule has 0 unspecified atom stereocenters. The molecule has 2 N–H and O–H groups in total. The number of methoxy groups -OCH3 is 1. The number of carboxylic acids is 1. The molecule has 6 nitrogen and oxygen atoms in total. The highest BCUT2D eigenvalue weighted by Gasteiger charge is 2.19. The molecule has 0 aliphatic carbocycles. The summed E-state index contributed by atoms with van der Waals surface area (Å²) in [7, 11) is -2.11. The van der Waals surface area contributed by atoms with Crippen molar-refractivity contribution in [2.75, 3.05) is 20.3 Å². The summed E-state index contributed by atoms with van der Waals surface area (Å²) in [6.07, 6.45) is 2.42. The number of hydrogen-bond donors (Lipinski definition) is 2. The molecular weight excluding hydrogens is 362 g/mol. The Morgan fingerprint density at radius 3 is 2.67 bits per heavy atom. The van der Waals surface area contributed by atoms with Crippen LogP contribution in [0.5, 0.6) is 0 Å². The lowest BCUT2D eigenvalue weighted by atomic mass is 10.2. The molecule has 0 heterocycles. The largest absolute Gasteiger partial charge is 0.478 e. The number of sulfonamides is 1. The van der Waals surface area contributed by atoms with Crippen LogP contribution in [0.25, 0.3) is 0 Å². The first-order chi connectivity index (χ1) is 9.88. The van der Waals surface area contributed by atoms with Crippen LogP contribution in [0.3, 0.4) is 0 Å². The van der Waals surface area contributed by atoms with Crippen LogP contribution >= 0.6 is 15.9 Å². The second-order valence-electron chi connectivity index (χ2n) is 4.40. The molecule has 1 aromatic carbocycles. The van der Waals surface area contributed by atoms with E-state index in [1.165, 1.54) is 12.1 Å². The average Bonchev–Trinajstić information content (AvgIpc) is 2.42. The van der Waals surface area contributed by atoms with Gasteiger partial charge in [-0.25, -0.2) is 17.9 Å². The van der Waals surface area contributed by atoms with Gasteiger partial charge in [0.15, 0.2) is 0 Å². The minimum Gasteiger partial charge on any atom is -0.478 e. The summed E-state index contributed by atoms with van der Waals surface area (Å²) in [5.74, 6) is -1.17. The molecule has 0 radical (unpaired) electrons. The van der Waals surface area contributed by atoms with E-state index in [0.717, 1.165) is 18.9 Å². The summed E-state index contributed by atoms with van der Waals surface area (Å²) in [6.45, 7) is 0.953. The van der Waals surface area contributed by atoms with Crippen molar-refractivity contribution >= 4 is 31.9 Å². The molecule has 1 aromatic rings. The van der Waals surface area contributed by atoms with Crippen LogP contribution in [0, 0.1) is 0 Å². The number of ether oxygens (including phenoxy) is 1. The number of carbonyl (C=O) groups is 1. The molecule has 0 saturated carbocycles. The van der Waals surface area contributed by atoms with E-state index in [1.807, 2.05) is 0 Å². The van der Waals surface area contributed by atoms with Gasteiger partial charge in [-0.15, -0.1) is 0 Å². The SMILES string of the molecule is COCCCCCNS(=O)(=O)c1cc(C(=O)O)ccc1Br. The first-order valence-corrected chi connectivity index (χ1v) is 8.67. The third-order valence-corrected chi connectivity index (χ3v) is 5.24. The van der Waals surface area contributed by atoms with E-state index in [4.69, 9.17) is 9.84 Å². The van der Waals surface area contributed by atoms with Gasteiger partial charge in [0.25, 0.3) is 0 Å². The lowest BCUT2D eigenvalue weighted by Gasteiger charge is -2.09. The van der Waals surface area contributed by atoms with Crippen molar-refractivity contribution in [3.05, 3.63) is 28.2 Å². The second-order valence-corrected chi connectivity index (χ2v) is 6.99. The maximum atomic E-state index is 12.2. The van der Waals surface area contributed by atoms with Crippen LogP contribution in [0.1, 0.15) is 29.6 Å². The van der Waals surface area contributed by atoms with Crippen molar-refractivity contribution in [1.82, 2.24) is 4.72 Å². The molecule has 0 aliphatic rings. The molecule has 21 heavy (non-hydrogen) atoms. The third kappa shape index (κ3) is 5.74. The van der Waals surface area contributed by atoms with Crippen molar-refractivity contribution < 1.29 is 23.1 Å². The smallest absolute Gasteiger partial charge is 0.335 e. The average molecular weight is 380 g/mol. The molecule has 0 spiro atoms. The number of aromatic carboxylic acids is 1. The van der Waals surface area contributed by atoms with Crippen LogP contribution in [-0.2, 0) is 14.8 Å². The molecule has 0 aromatic heterocycles. The fraction of sp³-hybridized carbons (Fsp3) is 0.462. The topological polar surface area (TPSA) is 92.7 Å². The molecule has 118 valence electrons. The van der Waals surface area contributed by atoms with Crippen LogP contribution in [0.15, 0.2) is 27.6 Å². The maximum Gasteiger partial charge on any atom is 0.335 e. The van der Waals surface area contributed by atoms with Crippen molar-refractivity contribution in [3.8, 4) is 0 Å². The first kappa shape index (κ1) is 18.1. The van der Waals surface area contributed by atoms with Gasteiger partial charge in [0.2, 0.25) is 10.0 Å². The zero-order chi connectivity index (χ0) is 15.9. The van der Waals surface area contributed by atoms with Crippen LogP contribution in [0.2, 0.25) is 0 Å². The molecule has 0 amide bonds. The number of nitrogens with one attached hydrogen (secondary N) is 1. The Kier molecular flexibility index (Phi) is 7.30. The maximum absolute atomic E-state index is 12.2. The highest BCUT2D eigenvalue weighted by atomic mass is 79.9. The minimum absolute atomic E-state index is 0.0701. The molecule has 0 bridgehead atoms. The van der Waals surface area contributed by atoms with Gasteiger partial charge in [-0.2, -0.15) is 0 Å². The second kappa shape index (κ2) is 8.47. The number of hydrogen-bond acceptors (Lipinski definition) is 4. The van der Waals surface area contributed by atoms with E-state index >= 15 is 0 Å².